The lowest BCUT2D eigenvalue weighted by atomic mass is 9.83. The van der Waals surface area contributed by atoms with E-state index in [1.165, 1.54) is 0 Å². The molecular weight excluding hydrogens is 404 g/mol. The Kier molecular flexibility index (Phi) is 3.58. The smallest absolute Gasteiger partial charge is 0.338 e. The van der Waals surface area contributed by atoms with E-state index in [1.807, 2.05) is 12.1 Å². The van der Waals surface area contributed by atoms with Crippen LogP contribution >= 0.6 is 0 Å². The Bertz CT molecular complexity index is 1360. The molecule has 1 aromatic carbocycles. The quantitative estimate of drug-likeness (QED) is 0.439. The maximum atomic E-state index is 13.3. The van der Waals surface area contributed by atoms with Crippen LogP contribution < -0.4 is 15.0 Å². The van der Waals surface area contributed by atoms with Crippen molar-refractivity contribution in [2.75, 3.05) is 6.79 Å². The van der Waals surface area contributed by atoms with E-state index in [-0.39, 0.29) is 36.5 Å². The van der Waals surface area contributed by atoms with Crippen LogP contribution in [0.4, 0.5) is 0 Å². The van der Waals surface area contributed by atoms with Gasteiger partial charge >= 0.3 is 5.97 Å². The summed E-state index contributed by atoms with van der Waals surface area (Å²) >= 11 is 0. The zero-order valence-corrected chi connectivity index (χ0v) is 16.5. The number of cyclic esters (lactones) is 1. The zero-order valence-electron chi connectivity index (χ0n) is 16.5. The minimum atomic E-state index is -1.93. The molecule has 2 atom stereocenters. The van der Waals surface area contributed by atoms with Crippen LogP contribution in [-0.2, 0) is 28.3 Å². The fourth-order valence-corrected chi connectivity index (χ4v) is 4.64. The van der Waals surface area contributed by atoms with Crippen molar-refractivity contribution in [2.24, 2.45) is 0 Å². The Hall–Kier alpha value is -3.43. The van der Waals surface area contributed by atoms with Crippen molar-refractivity contribution >= 4 is 16.9 Å². The minimum absolute atomic E-state index is 0.0284. The predicted octanol–water partition coefficient (Wildman–Crippen LogP) is 1.17. The van der Waals surface area contributed by atoms with Crippen molar-refractivity contribution in [1.29, 1.82) is 0 Å². The Labute approximate surface area is 175 Å². The minimum Gasteiger partial charge on any atom is -0.459 e. The molecule has 9 nitrogen and oxygen atoms in total. The molecule has 0 unspecified atom stereocenters. The van der Waals surface area contributed by atoms with E-state index in [1.54, 1.807) is 23.6 Å². The zero-order chi connectivity index (χ0) is 21.5. The molecule has 0 radical (unpaired) electrons. The van der Waals surface area contributed by atoms with Gasteiger partial charge in [-0.2, -0.15) is 0 Å². The second kappa shape index (κ2) is 6.05. The van der Waals surface area contributed by atoms with Crippen LogP contribution in [0, 0.1) is 0 Å². The fraction of sp³-hybridized carbons (Fsp3) is 0.318. The third-order valence-corrected chi connectivity index (χ3v) is 6.40. The van der Waals surface area contributed by atoms with Crippen LogP contribution in [0.25, 0.3) is 22.3 Å². The highest BCUT2D eigenvalue weighted by Gasteiger charge is 2.47. The molecular formula is C22H18N2O7. The van der Waals surface area contributed by atoms with E-state index in [2.05, 4.69) is 0 Å². The van der Waals surface area contributed by atoms with E-state index in [0.29, 0.717) is 34.9 Å². The average Bonchev–Trinajstić information content (AvgIpc) is 3.35. The highest BCUT2D eigenvalue weighted by Crippen LogP contribution is 2.41. The number of carbonyl (C=O) groups is 1. The van der Waals surface area contributed by atoms with Crippen LogP contribution in [-0.4, -0.2) is 38.6 Å². The molecule has 0 fully saturated rings. The number of ether oxygens (including phenoxy) is 3. The first kappa shape index (κ1) is 18.3. The van der Waals surface area contributed by atoms with Gasteiger partial charge in [0.25, 0.3) is 5.56 Å². The van der Waals surface area contributed by atoms with Crippen molar-refractivity contribution in [2.45, 2.75) is 38.2 Å². The number of benzene rings is 1. The molecule has 0 amide bonds. The maximum absolute atomic E-state index is 13.3. The van der Waals surface area contributed by atoms with E-state index in [9.17, 15) is 19.8 Å². The lowest BCUT2D eigenvalue weighted by molar-refractivity contribution is -0.170. The lowest BCUT2D eigenvalue weighted by Gasteiger charge is -2.30. The van der Waals surface area contributed by atoms with Gasteiger partial charge in [-0.1, -0.05) is 6.92 Å². The first-order valence-electron chi connectivity index (χ1n) is 9.98. The predicted molar refractivity (Wildman–Crippen MR) is 107 cm³/mol. The summed E-state index contributed by atoms with van der Waals surface area (Å²) in [4.78, 5) is 30.2. The van der Waals surface area contributed by atoms with Crippen molar-refractivity contribution in [3.63, 3.8) is 0 Å². The normalized spacial score (nSPS) is 23.2. The number of esters is 1. The van der Waals surface area contributed by atoms with Crippen molar-refractivity contribution in [3.05, 3.63) is 51.3 Å². The van der Waals surface area contributed by atoms with Crippen molar-refractivity contribution in [3.8, 4) is 22.9 Å². The number of hydrogen-bond donors (Lipinski definition) is 2. The molecule has 5 heterocycles. The number of aliphatic hydroxyl groups excluding tert-OH is 1. The van der Waals surface area contributed by atoms with Gasteiger partial charge in [-0.25, -0.2) is 9.78 Å². The number of carbonyl (C=O) groups excluding carboxylic acids is 1. The summed E-state index contributed by atoms with van der Waals surface area (Å²) in [5.41, 5.74) is 0.717. The van der Waals surface area contributed by atoms with Crippen LogP contribution in [0.1, 0.15) is 30.0 Å². The Morgan fingerprint density at radius 2 is 1.94 bits per heavy atom. The van der Waals surface area contributed by atoms with E-state index in [0.717, 1.165) is 10.9 Å². The molecule has 9 heteroatoms. The van der Waals surface area contributed by atoms with Gasteiger partial charge in [0, 0.05) is 22.6 Å². The topological polar surface area (TPSA) is 120 Å². The highest BCUT2D eigenvalue weighted by molar-refractivity contribution is 5.87. The van der Waals surface area contributed by atoms with Gasteiger partial charge in [-0.3, -0.25) is 4.79 Å². The molecule has 0 aliphatic carbocycles. The fourth-order valence-electron chi connectivity index (χ4n) is 4.64. The molecule has 0 saturated heterocycles. The SMILES string of the molecule is CC[C@]1(O)c2cc3n(c(=O)c2COC(=O)[C@@H]1O)Cc1cc2cc4c(cc2nc1-3)OCO4. The summed E-state index contributed by atoms with van der Waals surface area (Å²) in [6, 6.07) is 7.25. The molecule has 2 aromatic heterocycles. The van der Waals surface area contributed by atoms with Gasteiger partial charge < -0.3 is 29.0 Å². The average molecular weight is 422 g/mol. The third kappa shape index (κ3) is 2.35. The highest BCUT2D eigenvalue weighted by atomic mass is 16.7. The van der Waals surface area contributed by atoms with E-state index < -0.39 is 17.7 Å². The second-order valence-electron chi connectivity index (χ2n) is 8.00. The number of fused-ring (bicyclic) bond motifs is 6. The molecule has 2 N–H and O–H groups in total. The summed E-state index contributed by atoms with van der Waals surface area (Å²) in [6.07, 6.45) is -1.76. The number of rotatable bonds is 1. The van der Waals surface area contributed by atoms with Crippen LogP contribution in [0.15, 0.2) is 29.1 Å². The number of aliphatic hydroxyl groups is 2. The van der Waals surface area contributed by atoms with Crippen molar-refractivity contribution in [1.82, 2.24) is 9.55 Å². The van der Waals surface area contributed by atoms with Gasteiger partial charge in [-0.15, -0.1) is 0 Å². The second-order valence-corrected chi connectivity index (χ2v) is 8.00. The number of aromatic nitrogens is 2. The summed E-state index contributed by atoms with van der Waals surface area (Å²) in [6.45, 7) is 1.79. The molecule has 0 bridgehead atoms. The Morgan fingerprint density at radius 3 is 2.71 bits per heavy atom. The van der Waals surface area contributed by atoms with Gasteiger partial charge in [0.15, 0.2) is 17.6 Å². The number of pyridine rings is 2. The first-order chi connectivity index (χ1) is 14.9. The van der Waals surface area contributed by atoms with Gasteiger partial charge in [0.2, 0.25) is 6.79 Å². The molecule has 3 aliphatic heterocycles. The van der Waals surface area contributed by atoms with Crippen LogP contribution in [0.3, 0.4) is 0 Å². The third-order valence-electron chi connectivity index (χ3n) is 6.40. The lowest BCUT2D eigenvalue weighted by Crippen LogP contribution is -2.44. The van der Waals surface area contributed by atoms with E-state index >= 15 is 0 Å². The van der Waals surface area contributed by atoms with Crippen LogP contribution in [0.5, 0.6) is 11.5 Å². The molecule has 158 valence electrons. The first-order valence-corrected chi connectivity index (χ1v) is 9.98. The summed E-state index contributed by atoms with van der Waals surface area (Å²) in [7, 11) is 0. The number of nitrogens with zero attached hydrogens (tertiary/aromatic N) is 2. The summed E-state index contributed by atoms with van der Waals surface area (Å²) in [5, 5.41) is 22.5. The van der Waals surface area contributed by atoms with Gasteiger partial charge in [0.1, 0.15) is 12.2 Å². The van der Waals surface area contributed by atoms with Gasteiger partial charge in [0.05, 0.1) is 29.0 Å². The molecule has 31 heavy (non-hydrogen) atoms. The van der Waals surface area contributed by atoms with Crippen molar-refractivity contribution < 1.29 is 29.2 Å². The standard InChI is InChI=1S/C22H18N2O7/c1-2-22(28)13-5-15-18-11(3-10-4-16-17(31-9-30-16)6-14(10)23-18)7-24(15)20(26)12(13)8-29-21(27)19(22)25/h3-6,19,25,28H,2,7-9H2,1H3/t19-,22-/m0/s1. The van der Waals surface area contributed by atoms with E-state index in [4.69, 9.17) is 19.2 Å². The molecule has 0 saturated carbocycles. The summed E-state index contributed by atoms with van der Waals surface area (Å²) < 4.78 is 17.5. The summed E-state index contributed by atoms with van der Waals surface area (Å²) in [5.74, 6) is 0.305. The molecule has 6 rings (SSSR count). The molecule has 3 aromatic rings. The largest absolute Gasteiger partial charge is 0.459 e. The molecule has 0 spiro atoms. The maximum Gasteiger partial charge on any atom is 0.338 e. The Morgan fingerprint density at radius 1 is 1.16 bits per heavy atom. The monoisotopic (exact) mass is 422 g/mol. The number of hydrogen-bond acceptors (Lipinski definition) is 8. The van der Waals surface area contributed by atoms with Crippen LogP contribution in [0.2, 0.25) is 0 Å². The van der Waals surface area contributed by atoms with Gasteiger partial charge in [-0.05, 0) is 24.6 Å². The molecule has 3 aliphatic rings. The Balaban J connectivity index is 1.59.